The number of rotatable bonds is 1. The minimum absolute atomic E-state index is 0.202. The zero-order chi connectivity index (χ0) is 24.1. The molecule has 0 unspecified atom stereocenters. The minimum atomic E-state index is -1.50. The molecule has 7 rings (SSSR count). The van der Waals surface area contributed by atoms with Crippen LogP contribution in [0.2, 0.25) is 0 Å². The van der Waals surface area contributed by atoms with Gasteiger partial charge in [0.25, 0.3) is 0 Å². The highest BCUT2D eigenvalue weighted by Crippen LogP contribution is 2.81. The van der Waals surface area contributed by atoms with Gasteiger partial charge in [-0.2, -0.15) is 0 Å². The third kappa shape index (κ3) is 1.68. The van der Waals surface area contributed by atoms with E-state index in [2.05, 4.69) is 0 Å². The molecule has 1 N–H and O–H groups in total. The van der Waals surface area contributed by atoms with E-state index >= 15 is 0 Å². The second-order valence-corrected chi connectivity index (χ2v) is 12.0. The van der Waals surface area contributed by atoms with Crippen LogP contribution in [0.25, 0.3) is 0 Å². The lowest BCUT2D eigenvalue weighted by Gasteiger charge is -2.66. The van der Waals surface area contributed by atoms with E-state index in [1.807, 2.05) is 19.9 Å². The molecule has 4 heterocycles. The third-order valence-corrected chi connectivity index (χ3v) is 10.8. The van der Waals surface area contributed by atoms with Crippen LogP contribution < -0.4 is 0 Å². The Morgan fingerprint density at radius 1 is 1.09 bits per heavy atom. The number of carbonyl (C=O) groups is 3. The van der Waals surface area contributed by atoms with Gasteiger partial charge in [0.2, 0.25) is 0 Å². The first-order valence-electron chi connectivity index (χ1n) is 12.0. The van der Waals surface area contributed by atoms with Gasteiger partial charge in [0.15, 0.2) is 17.7 Å². The van der Waals surface area contributed by atoms with E-state index in [0.717, 1.165) is 5.56 Å². The van der Waals surface area contributed by atoms with E-state index in [9.17, 15) is 19.5 Å². The highest BCUT2D eigenvalue weighted by Gasteiger charge is 2.92. The van der Waals surface area contributed by atoms with Crippen molar-refractivity contribution in [3.63, 3.8) is 0 Å². The molecule has 3 aliphatic heterocycles. The van der Waals surface area contributed by atoms with Gasteiger partial charge in [0.1, 0.15) is 23.2 Å². The quantitative estimate of drug-likeness (QED) is 0.379. The van der Waals surface area contributed by atoms with E-state index in [-0.39, 0.29) is 18.3 Å². The molecule has 180 valence electrons. The van der Waals surface area contributed by atoms with Crippen LogP contribution in [0, 0.1) is 27.6 Å². The Balaban J connectivity index is 1.47. The SMILES string of the molecule is CC1(C)OC[C@]23C=CC(=O)[C@]12C(=O)[C@@H](O)[C@]1(C)[C@@H]3CC[C@]2(C)[C@H](c3ccoc3)OC(=O)[C@H]3O[C@]312. The van der Waals surface area contributed by atoms with Crippen molar-refractivity contribution in [1.29, 1.82) is 0 Å². The summed E-state index contributed by atoms with van der Waals surface area (Å²) >= 11 is 0. The van der Waals surface area contributed by atoms with E-state index in [4.69, 9.17) is 18.6 Å². The second-order valence-electron chi connectivity index (χ2n) is 12.0. The molecule has 34 heavy (non-hydrogen) atoms. The summed E-state index contributed by atoms with van der Waals surface area (Å²) in [5, 5.41) is 11.9. The lowest BCUT2D eigenvalue weighted by atomic mass is 9.34. The number of epoxide rings is 1. The Morgan fingerprint density at radius 2 is 1.85 bits per heavy atom. The summed E-state index contributed by atoms with van der Waals surface area (Å²) in [4.78, 5) is 40.8. The summed E-state index contributed by atoms with van der Waals surface area (Å²) in [5.74, 6) is -1.65. The molecule has 6 aliphatic rings. The van der Waals surface area contributed by atoms with Crippen LogP contribution in [0.15, 0.2) is 35.2 Å². The first-order valence-corrected chi connectivity index (χ1v) is 12.0. The van der Waals surface area contributed by atoms with Crippen LogP contribution in [0.3, 0.4) is 0 Å². The highest BCUT2D eigenvalue weighted by atomic mass is 16.7. The molecular formula is C26H28O8. The summed E-state index contributed by atoms with van der Waals surface area (Å²) in [7, 11) is 0. The molecule has 1 spiro atoms. The second kappa shape index (κ2) is 5.58. The van der Waals surface area contributed by atoms with Crippen molar-refractivity contribution in [2.45, 2.75) is 70.1 Å². The number of furan rings is 1. The van der Waals surface area contributed by atoms with Gasteiger partial charge in [-0.05, 0) is 44.7 Å². The van der Waals surface area contributed by atoms with E-state index in [1.165, 1.54) is 12.3 Å². The molecule has 0 bridgehead atoms. The molecule has 3 aliphatic carbocycles. The van der Waals surface area contributed by atoms with Crippen molar-refractivity contribution >= 4 is 17.5 Å². The predicted octanol–water partition coefficient (Wildman–Crippen LogP) is 2.30. The summed E-state index contributed by atoms with van der Waals surface area (Å²) in [6, 6.07) is 1.77. The maximum Gasteiger partial charge on any atom is 0.339 e. The number of hydrogen-bond donors (Lipinski definition) is 1. The molecule has 2 saturated carbocycles. The van der Waals surface area contributed by atoms with Crippen molar-refractivity contribution in [2.75, 3.05) is 6.61 Å². The maximum atomic E-state index is 14.2. The molecule has 8 nitrogen and oxygen atoms in total. The molecule has 0 radical (unpaired) electrons. The Bertz CT molecular complexity index is 1200. The lowest BCUT2D eigenvalue weighted by molar-refractivity contribution is -0.239. The number of fused-ring (bicyclic) bond motifs is 1. The Hall–Kier alpha value is -2.29. The van der Waals surface area contributed by atoms with Gasteiger partial charge in [-0.3, -0.25) is 9.59 Å². The average Bonchev–Trinajstić information content (AvgIpc) is 3.08. The summed E-state index contributed by atoms with van der Waals surface area (Å²) in [5.41, 5.74) is -5.71. The van der Waals surface area contributed by atoms with Gasteiger partial charge in [-0.1, -0.05) is 19.9 Å². The first-order chi connectivity index (χ1) is 16.0. The molecule has 5 fully saturated rings. The predicted molar refractivity (Wildman–Crippen MR) is 114 cm³/mol. The molecule has 8 heteroatoms. The van der Waals surface area contributed by atoms with Crippen molar-refractivity contribution in [3.05, 3.63) is 36.3 Å². The number of esters is 1. The highest BCUT2D eigenvalue weighted by molar-refractivity contribution is 6.18. The number of aliphatic hydroxyl groups excluding tert-OH is 1. The van der Waals surface area contributed by atoms with Crippen molar-refractivity contribution < 1.29 is 38.1 Å². The zero-order valence-corrected chi connectivity index (χ0v) is 19.6. The first kappa shape index (κ1) is 21.0. The topological polar surface area (TPSA) is 116 Å². The summed E-state index contributed by atoms with van der Waals surface area (Å²) < 4.78 is 23.7. The normalized spacial score (nSPS) is 54.0. The summed E-state index contributed by atoms with van der Waals surface area (Å²) in [6.45, 7) is 7.61. The van der Waals surface area contributed by atoms with Crippen LogP contribution in [-0.4, -0.2) is 52.7 Å². The van der Waals surface area contributed by atoms with Gasteiger partial charge < -0.3 is 23.7 Å². The molecule has 3 saturated heterocycles. The van der Waals surface area contributed by atoms with Crippen molar-refractivity contribution in [3.8, 4) is 0 Å². The Labute approximate surface area is 196 Å². The number of ether oxygens (including phenoxy) is 3. The number of allylic oxidation sites excluding steroid dienone is 1. The van der Waals surface area contributed by atoms with Gasteiger partial charge in [0, 0.05) is 21.8 Å². The number of cyclic esters (lactones) is 1. The van der Waals surface area contributed by atoms with Gasteiger partial charge in [-0.25, -0.2) is 4.79 Å². The van der Waals surface area contributed by atoms with Crippen molar-refractivity contribution in [2.24, 2.45) is 27.6 Å². The van der Waals surface area contributed by atoms with Crippen LogP contribution in [0.5, 0.6) is 0 Å². The lowest BCUT2D eigenvalue weighted by Crippen LogP contribution is -2.77. The van der Waals surface area contributed by atoms with Gasteiger partial charge in [0.05, 0.1) is 24.7 Å². The van der Waals surface area contributed by atoms with Crippen LogP contribution in [-0.2, 0) is 28.6 Å². The fourth-order valence-electron chi connectivity index (χ4n) is 9.42. The monoisotopic (exact) mass is 468 g/mol. The van der Waals surface area contributed by atoms with E-state index < -0.39 is 62.9 Å². The molecule has 9 atom stereocenters. The van der Waals surface area contributed by atoms with Crippen LogP contribution >= 0.6 is 0 Å². The molecular weight excluding hydrogens is 440 g/mol. The number of ketones is 2. The maximum absolute atomic E-state index is 14.2. The van der Waals surface area contributed by atoms with Gasteiger partial charge >= 0.3 is 5.97 Å². The molecule has 0 aromatic carbocycles. The number of carbonyl (C=O) groups excluding carboxylic acids is 3. The third-order valence-electron chi connectivity index (χ3n) is 10.8. The number of Topliss-reactive ketones (excluding diaryl/α,β-unsaturated/α-hetero) is 1. The van der Waals surface area contributed by atoms with E-state index in [0.29, 0.717) is 12.8 Å². The number of hydrogen-bond acceptors (Lipinski definition) is 8. The Morgan fingerprint density at radius 3 is 2.56 bits per heavy atom. The summed E-state index contributed by atoms with van der Waals surface area (Å²) in [6.07, 6.45) is 4.65. The van der Waals surface area contributed by atoms with E-state index in [1.54, 1.807) is 26.2 Å². The van der Waals surface area contributed by atoms with Crippen molar-refractivity contribution in [1.82, 2.24) is 0 Å². The fraction of sp³-hybridized carbons (Fsp3) is 0.654. The van der Waals surface area contributed by atoms with Crippen LogP contribution in [0.4, 0.5) is 0 Å². The molecule has 1 aromatic rings. The zero-order valence-electron chi connectivity index (χ0n) is 19.6. The van der Waals surface area contributed by atoms with Gasteiger partial charge in [-0.15, -0.1) is 0 Å². The van der Waals surface area contributed by atoms with Crippen LogP contribution in [0.1, 0.15) is 52.2 Å². The largest absolute Gasteiger partial charge is 0.472 e. The standard InChI is InChI=1S/C26H28O8/c1-21(2)25-15(27)6-9-24(25,12-32-21)14-5-8-22(3)18(13-7-10-31-11-13)33-20(30)19-26(22,34-19)23(14,4)16(28)17(25)29/h6-7,9-11,14,16,18-19,28H,5,8,12H2,1-4H3/t14-,16+,18-,19+,22+,23-,24-,25-,26-/m0/s1. The smallest absolute Gasteiger partial charge is 0.339 e. The average molecular weight is 469 g/mol. The fourth-order valence-corrected chi connectivity index (χ4v) is 9.42. The Kier molecular flexibility index (Phi) is 3.45. The number of aliphatic hydroxyl groups is 1. The molecule has 0 amide bonds. The molecule has 1 aromatic heterocycles. The minimum Gasteiger partial charge on any atom is -0.472 e.